The molecule has 0 amide bonds. The number of ether oxygens (including phenoxy) is 1. The molecule has 1 rings (SSSR count). The van der Waals surface area contributed by atoms with Gasteiger partial charge in [0.1, 0.15) is 6.10 Å². The van der Waals surface area contributed by atoms with Crippen molar-refractivity contribution in [2.75, 3.05) is 13.2 Å². The van der Waals surface area contributed by atoms with E-state index in [-0.39, 0.29) is 19.3 Å². The number of hydrogen-bond donors (Lipinski definition) is 2. The Morgan fingerprint density at radius 3 is 2.79 bits per heavy atom. The van der Waals surface area contributed by atoms with E-state index in [0.29, 0.717) is 0 Å². The first kappa shape index (κ1) is 11.4. The Bertz CT molecular complexity index is 243. The van der Waals surface area contributed by atoms with Gasteiger partial charge >= 0.3 is 0 Å². The van der Waals surface area contributed by atoms with Gasteiger partial charge in [-0.05, 0) is 31.4 Å². The Kier molecular flexibility index (Phi) is 4.32. The van der Waals surface area contributed by atoms with E-state index in [9.17, 15) is 0 Å². The van der Waals surface area contributed by atoms with Gasteiger partial charge in [0.05, 0.1) is 19.3 Å². The third-order valence-electron chi connectivity index (χ3n) is 2.45. The number of allylic oxidation sites excluding steroid dienone is 3. The molecule has 0 saturated heterocycles. The zero-order valence-corrected chi connectivity index (χ0v) is 8.73. The van der Waals surface area contributed by atoms with Crippen LogP contribution in [0.3, 0.4) is 0 Å². The van der Waals surface area contributed by atoms with E-state index >= 15 is 0 Å². The summed E-state index contributed by atoms with van der Waals surface area (Å²) >= 11 is 0. The molecule has 0 bridgehead atoms. The third kappa shape index (κ3) is 2.94. The van der Waals surface area contributed by atoms with E-state index < -0.39 is 6.10 Å². The van der Waals surface area contributed by atoms with Gasteiger partial charge in [0.25, 0.3) is 0 Å². The van der Waals surface area contributed by atoms with E-state index in [1.807, 2.05) is 6.92 Å². The van der Waals surface area contributed by atoms with Gasteiger partial charge in [-0.2, -0.15) is 0 Å². The van der Waals surface area contributed by atoms with Gasteiger partial charge in [0.2, 0.25) is 0 Å². The highest BCUT2D eigenvalue weighted by Gasteiger charge is 2.15. The van der Waals surface area contributed by atoms with Crippen LogP contribution in [-0.4, -0.2) is 35.6 Å². The van der Waals surface area contributed by atoms with Crippen LogP contribution in [0.1, 0.15) is 20.3 Å². The van der Waals surface area contributed by atoms with Crippen molar-refractivity contribution in [3.05, 3.63) is 23.3 Å². The number of aliphatic hydroxyl groups is 2. The molecule has 3 nitrogen and oxygen atoms in total. The molecule has 0 aromatic carbocycles. The maximum Gasteiger partial charge on any atom is 0.100 e. The molecule has 0 saturated carbocycles. The van der Waals surface area contributed by atoms with Gasteiger partial charge in [-0.1, -0.05) is 12.2 Å². The minimum absolute atomic E-state index is 0.0196. The van der Waals surface area contributed by atoms with Crippen LogP contribution in [0.4, 0.5) is 0 Å². The Morgan fingerprint density at radius 2 is 2.29 bits per heavy atom. The summed E-state index contributed by atoms with van der Waals surface area (Å²) in [6.07, 6.45) is 4.37. The molecule has 0 spiro atoms. The summed E-state index contributed by atoms with van der Waals surface area (Å²) in [6.45, 7) is 3.97. The zero-order valence-electron chi connectivity index (χ0n) is 8.73. The maximum atomic E-state index is 9.11. The normalized spacial score (nSPS) is 20.3. The van der Waals surface area contributed by atoms with Crippen molar-refractivity contribution in [2.45, 2.75) is 32.5 Å². The first-order chi connectivity index (χ1) is 6.65. The minimum Gasteiger partial charge on any atom is -0.394 e. The van der Waals surface area contributed by atoms with Crippen LogP contribution in [0.25, 0.3) is 0 Å². The monoisotopic (exact) mass is 198 g/mol. The van der Waals surface area contributed by atoms with Crippen LogP contribution in [0, 0.1) is 0 Å². The molecule has 0 aliphatic heterocycles. The summed E-state index contributed by atoms with van der Waals surface area (Å²) in [6, 6.07) is 0. The molecule has 0 aromatic heterocycles. The smallest absolute Gasteiger partial charge is 0.100 e. The van der Waals surface area contributed by atoms with Crippen LogP contribution in [0.2, 0.25) is 0 Å². The van der Waals surface area contributed by atoms with Gasteiger partial charge in [-0.3, -0.25) is 0 Å². The van der Waals surface area contributed by atoms with Gasteiger partial charge in [0, 0.05) is 0 Å². The van der Waals surface area contributed by atoms with Crippen molar-refractivity contribution in [1.82, 2.24) is 0 Å². The second-order valence-electron chi connectivity index (χ2n) is 3.63. The van der Waals surface area contributed by atoms with Gasteiger partial charge in [-0.25, -0.2) is 0 Å². The van der Waals surface area contributed by atoms with E-state index in [4.69, 9.17) is 14.9 Å². The summed E-state index contributed by atoms with van der Waals surface area (Å²) in [7, 11) is 0. The summed E-state index contributed by atoms with van der Waals surface area (Å²) in [5.41, 5.74) is 2.51. The fourth-order valence-corrected chi connectivity index (χ4v) is 1.53. The quantitative estimate of drug-likeness (QED) is 0.693. The second kappa shape index (κ2) is 5.29. The molecule has 0 heterocycles. The van der Waals surface area contributed by atoms with Gasteiger partial charge in [-0.15, -0.1) is 0 Å². The van der Waals surface area contributed by atoms with Crippen molar-refractivity contribution in [3.63, 3.8) is 0 Å². The Balaban J connectivity index is 2.36. The molecule has 80 valence electrons. The lowest BCUT2D eigenvalue weighted by molar-refractivity contribution is -0.0123. The van der Waals surface area contributed by atoms with Gasteiger partial charge < -0.3 is 14.9 Å². The van der Waals surface area contributed by atoms with Crippen LogP contribution in [-0.2, 0) is 4.74 Å². The first-order valence-electron chi connectivity index (χ1n) is 4.92. The lowest BCUT2D eigenvalue weighted by Gasteiger charge is -2.17. The maximum absolute atomic E-state index is 9.11. The van der Waals surface area contributed by atoms with E-state index in [1.165, 1.54) is 11.1 Å². The Hall–Kier alpha value is -0.640. The Morgan fingerprint density at radius 1 is 1.57 bits per heavy atom. The van der Waals surface area contributed by atoms with Crippen molar-refractivity contribution in [1.29, 1.82) is 0 Å². The highest BCUT2D eigenvalue weighted by atomic mass is 16.5. The van der Waals surface area contributed by atoms with Gasteiger partial charge in [0.15, 0.2) is 0 Å². The first-order valence-corrected chi connectivity index (χ1v) is 4.92. The zero-order chi connectivity index (χ0) is 10.6. The average Bonchev–Trinajstić information content (AvgIpc) is 2.60. The molecule has 3 heteroatoms. The number of aliphatic hydroxyl groups excluding tert-OH is 2. The topological polar surface area (TPSA) is 49.7 Å². The molecule has 2 unspecified atom stereocenters. The van der Waals surface area contributed by atoms with Crippen molar-refractivity contribution in [2.24, 2.45) is 0 Å². The molecule has 0 fully saturated rings. The predicted molar refractivity (Wildman–Crippen MR) is 55.0 cm³/mol. The number of hydrogen-bond acceptors (Lipinski definition) is 3. The molecule has 0 radical (unpaired) electrons. The standard InChI is InChI=1S/C11H18O3/c1-8-4-3-5-11(8)9(2)14-7-10(13)6-12/h3-4,9-10,12-13H,5-7H2,1-2H3. The lowest BCUT2D eigenvalue weighted by Crippen LogP contribution is -2.23. The highest BCUT2D eigenvalue weighted by molar-refractivity contribution is 5.34. The third-order valence-corrected chi connectivity index (χ3v) is 2.45. The fraction of sp³-hybridized carbons (Fsp3) is 0.636. The molecular formula is C11H18O3. The van der Waals surface area contributed by atoms with E-state index in [1.54, 1.807) is 0 Å². The predicted octanol–water partition coefficient (Wildman–Crippen LogP) is 1.02. The van der Waals surface area contributed by atoms with Crippen LogP contribution in [0.5, 0.6) is 0 Å². The van der Waals surface area contributed by atoms with Crippen LogP contribution in [0.15, 0.2) is 23.3 Å². The van der Waals surface area contributed by atoms with Crippen molar-refractivity contribution < 1.29 is 14.9 Å². The summed E-state index contributed by atoms with van der Waals surface area (Å²) in [4.78, 5) is 0. The molecule has 1 aliphatic rings. The molecule has 2 atom stereocenters. The van der Waals surface area contributed by atoms with E-state index in [0.717, 1.165) is 6.42 Å². The Labute approximate surface area is 84.7 Å². The molecular weight excluding hydrogens is 180 g/mol. The summed E-state index contributed by atoms with van der Waals surface area (Å²) < 4.78 is 5.44. The average molecular weight is 198 g/mol. The highest BCUT2D eigenvalue weighted by Crippen LogP contribution is 2.23. The largest absolute Gasteiger partial charge is 0.394 e. The molecule has 2 N–H and O–H groups in total. The van der Waals surface area contributed by atoms with Crippen LogP contribution < -0.4 is 0 Å². The molecule has 0 aromatic rings. The van der Waals surface area contributed by atoms with Crippen LogP contribution >= 0.6 is 0 Å². The van der Waals surface area contributed by atoms with Crippen molar-refractivity contribution >= 4 is 0 Å². The lowest BCUT2D eigenvalue weighted by atomic mass is 10.1. The summed E-state index contributed by atoms with van der Waals surface area (Å²) in [5, 5.41) is 17.7. The van der Waals surface area contributed by atoms with Crippen molar-refractivity contribution in [3.8, 4) is 0 Å². The second-order valence-corrected chi connectivity index (χ2v) is 3.63. The SMILES string of the molecule is CC1=C(C(C)OCC(O)CO)CC=C1. The minimum atomic E-state index is -0.771. The number of rotatable bonds is 5. The molecule has 1 aliphatic carbocycles. The van der Waals surface area contributed by atoms with E-state index in [2.05, 4.69) is 19.1 Å². The molecule has 14 heavy (non-hydrogen) atoms. The fourth-order valence-electron chi connectivity index (χ4n) is 1.53. The summed E-state index contributed by atoms with van der Waals surface area (Å²) in [5.74, 6) is 0.